The third-order valence-corrected chi connectivity index (χ3v) is 3.03. The van der Waals surface area contributed by atoms with Gasteiger partial charge in [-0.05, 0) is 29.8 Å². The Morgan fingerprint density at radius 2 is 1.86 bits per heavy atom. The third kappa shape index (κ3) is 2.85. The van der Waals surface area contributed by atoms with Gasteiger partial charge in [0.15, 0.2) is 0 Å². The highest BCUT2D eigenvalue weighted by Crippen LogP contribution is 2.13. The number of anilines is 1. The molecule has 6 heteroatoms. The van der Waals surface area contributed by atoms with Crippen molar-refractivity contribution in [2.24, 2.45) is 5.73 Å². The van der Waals surface area contributed by atoms with Gasteiger partial charge < -0.3 is 11.1 Å². The Morgan fingerprint density at radius 1 is 1.05 bits per heavy atom. The number of amides is 1. The van der Waals surface area contributed by atoms with Crippen LogP contribution in [0.3, 0.4) is 0 Å². The van der Waals surface area contributed by atoms with Crippen LogP contribution in [0.5, 0.6) is 0 Å². The lowest BCUT2D eigenvalue weighted by Crippen LogP contribution is -2.13. The minimum Gasteiger partial charge on any atom is -0.326 e. The predicted octanol–water partition coefficient (Wildman–Crippen LogP) is 1.74. The molecule has 0 saturated carbocycles. The largest absolute Gasteiger partial charge is 0.326 e. The van der Waals surface area contributed by atoms with Crippen molar-refractivity contribution in [2.75, 3.05) is 5.32 Å². The fourth-order valence-corrected chi connectivity index (χ4v) is 1.91. The van der Waals surface area contributed by atoms with Crippen LogP contribution in [0, 0.1) is 0 Å². The number of hydrogen-bond donors (Lipinski definition) is 2. The molecule has 0 unspecified atom stereocenters. The Hall–Kier alpha value is -2.86. The predicted molar refractivity (Wildman–Crippen MR) is 79.6 cm³/mol. The summed E-state index contributed by atoms with van der Waals surface area (Å²) in [6.07, 6.45) is 4.85. The maximum absolute atomic E-state index is 12.2. The number of nitrogens with zero attached hydrogens (tertiary/aromatic N) is 3. The van der Waals surface area contributed by atoms with Gasteiger partial charge in [-0.15, -0.1) is 0 Å². The molecule has 0 aliphatic rings. The summed E-state index contributed by atoms with van der Waals surface area (Å²) in [6.45, 7) is 0.421. The summed E-state index contributed by atoms with van der Waals surface area (Å²) in [7, 11) is 0. The Balaban J connectivity index is 1.82. The molecular weight excluding hydrogens is 266 g/mol. The zero-order valence-corrected chi connectivity index (χ0v) is 11.2. The van der Waals surface area contributed by atoms with Gasteiger partial charge in [-0.1, -0.05) is 6.07 Å². The monoisotopic (exact) mass is 279 g/mol. The van der Waals surface area contributed by atoms with E-state index < -0.39 is 0 Å². The number of hydrogen-bond acceptors (Lipinski definition) is 5. The molecule has 0 fully saturated rings. The van der Waals surface area contributed by atoms with Crippen LogP contribution in [0.4, 0.5) is 5.82 Å². The van der Waals surface area contributed by atoms with Gasteiger partial charge in [0, 0.05) is 30.7 Å². The van der Waals surface area contributed by atoms with Crippen molar-refractivity contribution in [3.05, 3.63) is 60.0 Å². The summed E-state index contributed by atoms with van der Waals surface area (Å²) < 4.78 is 0. The van der Waals surface area contributed by atoms with Crippen molar-refractivity contribution in [2.45, 2.75) is 6.54 Å². The maximum atomic E-state index is 12.2. The van der Waals surface area contributed by atoms with Crippen molar-refractivity contribution in [1.82, 2.24) is 15.0 Å². The van der Waals surface area contributed by atoms with Crippen molar-refractivity contribution in [3.8, 4) is 0 Å². The van der Waals surface area contributed by atoms with Gasteiger partial charge in [-0.3, -0.25) is 14.8 Å². The lowest BCUT2D eigenvalue weighted by molar-refractivity contribution is 0.102. The first-order valence-corrected chi connectivity index (χ1v) is 6.43. The van der Waals surface area contributed by atoms with Gasteiger partial charge in [0.05, 0.1) is 11.0 Å². The van der Waals surface area contributed by atoms with E-state index in [4.69, 9.17) is 5.73 Å². The van der Waals surface area contributed by atoms with Crippen molar-refractivity contribution >= 4 is 22.8 Å². The molecule has 0 bridgehead atoms. The van der Waals surface area contributed by atoms with Crippen molar-refractivity contribution in [1.29, 1.82) is 0 Å². The first-order chi connectivity index (χ1) is 10.3. The molecule has 0 atom stereocenters. The molecule has 3 aromatic rings. The van der Waals surface area contributed by atoms with Gasteiger partial charge in [-0.2, -0.15) is 0 Å². The van der Waals surface area contributed by atoms with E-state index in [1.807, 2.05) is 6.07 Å². The molecule has 1 amide bonds. The molecule has 0 saturated heterocycles. The van der Waals surface area contributed by atoms with Crippen molar-refractivity contribution in [3.63, 3.8) is 0 Å². The van der Waals surface area contributed by atoms with E-state index in [-0.39, 0.29) is 5.91 Å². The zero-order valence-electron chi connectivity index (χ0n) is 11.2. The lowest BCUT2D eigenvalue weighted by Gasteiger charge is -2.05. The number of rotatable bonds is 3. The summed E-state index contributed by atoms with van der Waals surface area (Å²) in [4.78, 5) is 24.7. The second kappa shape index (κ2) is 5.64. The number of benzene rings is 1. The molecule has 0 aliphatic heterocycles. The summed E-state index contributed by atoms with van der Waals surface area (Å²) in [5, 5.41) is 2.74. The van der Waals surface area contributed by atoms with Crippen LogP contribution in [0.1, 0.15) is 15.9 Å². The number of aromatic nitrogens is 3. The maximum Gasteiger partial charge on any atom is 0.256 e. The van der Waals surface area contributed by atoms with E-state index in [0.29, 0.717) is 23.4 Å². The Labute approximate surface area is 121 Å². The molecule has 2 aromatic heterocycles. The third-order valence-electron chi connectivity index (χ3n) is 3.03. The van der Waals surface area contributed by atoms with Crippen LogP contribution < -0.4 is 11.1 Å². The number of pyridine rings is 1. The molecule has 6 nitrogen and oxygen atoms in total. The van der Waals surface area contributed by atoms with Crippen LogP contribution in [-0.2, 0) is 6.54 Å². The zero-order chi connectivity index (χ0) is 14.7. The first kappa shape index (κ1) is 13.1. The number of nitrogens with two attached hydrogens (primary N) is 1. The minimum absolute atomic E-state index is 0.240. The number of carbonyl (C=O) groups excluding carboxylic acids is 1. The normalized spacial score (nSPS) is 10.5. The highest BCUT2D eigenvalue weighted by atomic mass is 16.1. The lowest BCUT2D eigenvalue weighted by atomic mass is 10.2. The average Bonchev–Trinajstić information content (AvgIpc) is 2.55. The van der Waals surface area contributed by atoms with Crippen LogP contribution in [0.25, 0.3) is 11.0 Å². The van der Waals surface area contributed by atoms with E-state index >= 15 is 0 Å². The second-order valence-electron chi connectivity index (χ2n) is 4.47. The van der Waals surface area contributed by atoms with Gasteiger partial charge in [-0.25, -0.2) is 4.98 Å². The van der Waals surface area contributed by atoms with E-state index in [1.54, 1.807) is 42.9 Å². The summed E-state index contributed by atoms with van der Waals surface area (Å²) >= 11 is 0. The molecule has 0 radical (unpaired) electrons. The van der Waals surface area contributed by atoms with Crippen LogP contribution in [0.15, 0.2) is 48.9 Å². The molecule has 3 rings (SSSR count). The highest BCUT2D eigenvalue weighted by molar-refractivity contribution is 6.05. The Kier molecular flexibility index (Phi) is 3.53. The highest BCUT2D eigenvalue weighted by Gasteiger charge is 2.08. The SMILES string of the molecule is NCc1ccc(NC(=O)c2ccc3nccnc3c2)nc1. The second-order valence-corrected chi connectivity index (χ2v) is 4.47. The molecule has 0 aliphatic carbocycles. The van der Waals surface area contributed by atoms with E-state index in [0.717, 1.165) is 11.1 Å². The number of nitrogens with one attached hydrogen (secondary N) is 1. The summed E-state index contributed by atoms with van der Waals surface area (Å²) in [5.74, 6) is 0.243. The molecule has 3 N–H and O–H groups in total. The number of fused-ring (bicyclic) bond motifs is 1. The number of carbonyl (C=O) groups is 1. The minimum atomic E-state index is -0.240. The van der Waals surface area contributed by atoms with Gasteiger partial charge >= 0.3 is 0 Å². The van der Waals surface area contributed by atoms with Gasteiger partial charge in [0.25, 0.3) is 5.91 Å². The topological polar surface area (TPSA) is 93.8 Å². The molecule has 1 aromatic carbocycles. The fourth-order valence-electron chi connectivity index (χ4n) is 1.91. The van der Waals surface area contributed by atoms with Crippen LogP contribution >= 0.6 is 0 Å². The van der Waals surface area contributed by atoms with Crippen molar-refractivity contribution < 1.29 is 4.79 Å². The molecule has 0 spiro atoms. The average molecular weight is 279 g/mol. The Bertz CT molecular complexity index is 785. The van der Waals surface area contributed by atoms with E-state index in [1.165, 1.54) is 0 Å². The molecular formula is C15H13N5O. The fraction of sp³-hybridized carbons (Fsp3) is 0.0667. The van der Waals surface area contributed by atoms with E-state index in [9.17, 15) is 4.79 Å². The van der Waals surface area contributed by atoms with E-state index in [2.05, 4.69) is 20.3 Å². The molecule has 2 heterocycles. The molecule has 104 valence electrons. The van der Waals surface area contributed by atoms with Gasteiger partial charge in [0.1, 0.15) is 5.82 Å². The Morgan fingerprint density at radius 3 is 2.57 bits per heavy atom. The quantitative estimate of drug-likeness (QED) is 0.761. The summed E-state index contributed by atoms with van der Waals surface area (Å²) in [5.41, 5.74) is 8.35. The first-order valence-electron chi connectivity index (χ1n) is 6.43. The molecule has 21 heavy (non-hydrogen) atoms. The summed E-state index contributed by atoms with van der Waals surface area (Å²) in [6, 6.07) is 8.73. The van der Waals surface area contributed by atoms with Gasteiger partial charge in [0.2, 0.25) is 0 Å². The standard InChI is InChI=1S/C15H13N5O/c16-8-10-1-4-14(19-9-10)20-15(21)11-2-3-12-13(7-11)18-6-5-17-12/h1-7,9H,8,16H2,(H,19,20,21). The van der Waals surface area contributed by atoms with Crippen LogP contribution in [-0.4, -0.2) is 20.9 Å². The smallest absolute Gasteiger partial charge is 0.256 e. The van der Waals surface area contributed by atoms with Crippen LogP contribution in [0.2, 0.25) is 0 Å².